The molecule has 5 heteroatoms. The highest BCUT2D eigenvalue weighted by Gasteiger charge is 2.20. The number of imidazole rings is 1. The average molecular weight is 287 g/mol. The van der Waals surface area contributed by atoms with Crippen LogP contribution in [0.15, 0.2) is 42.9 Å². The number of amides is 1. The number of carbonyl (C=O) groups is 1. The number of carbonyl (C=O) groups excluding carboxylic acids is 1. The van der Waals surface area contributed by atoms with Gasteiger partial charge in [-0.25, -0.2) is 9.78 Å². The van der Waals surface area contributed by atoms with Gasteiger partial charge < -0.3 is 14.6 Å². The smallest absolute Gasteiger partial charge is 0.408 e. The molecule has 1 aromatic heterocycles. The van der Waals surface area contributed by atoms with E-state index in [1.807, 2.05) is 62.6 Å². The number of alkyl carbamates (subject to hydrolysis) is 1. The quantitative estimate of drug-likeness (QED) is 0.940. The second-order valence-corrected chi connectivity index (χ2v) is 5.89. The Balaban J connectivity index is 2.13. The van der Waals surface area contributed by atoms with Crippen molar-refractivity contribution >= 4 is 6.09 Å². The summed E-state index contributed by atoms with van der Waals surface area (Å²) in [5.41, 5.74) is 1.39. The zero-order valence-corrected chi connectivity index (χ0v) is 12.8. The maximum atomic E-state index is 11.8. The summed E-state index contributed by atoms with van der Waals surface area (Å²) in [6.07, 6.45) is 3.04. The minimum Gasteiger partial charge on any atom is -0.444 e. The molecular formula is C16H21N3O2. The number of aromatic nitrogens is 2. The Morgan fingerprint density at radius 1 is 1.29 bits per heavy atom. The van der Waals surface area contributed by atoms with Crippen LogP contribution < -0.4 is 5.32 Å². The molecule has 0 aliphatic carbocycles. The van der Waals surface area contributed by atoms with Gasteiger partial charge >= 0.3 is 6.09 Å². The van der Waals surface area contributed by atoms with Crippen LogP contribution in [-0.2, 0) is 4.74 Å². The third-order valence-electron chi connectivity index (χ3n) is 2.88. The van der Waals surface area contributed by atoms with E-state index in [-0.39, 0.29) is 6.04 Å². The van der Waals surface area contributed by atoms with Gasteiger partial charge in [-0.05, 0) is 39.8 Å². The van der Waals surface area contributed by atoms with Crippen LogP contribution in [0.25, 0.3) is 5.69 Å². The third kappa shape index (κ3) is 4.08. The molecule has 0 saturated heterocycles. The lowest BCUT2D eigenvalue weighted by molar-refractivity contribution is 0.0506. The summed E-state index contributed by atoms with van der Waals surface area (Å²) < 4.78 is 7.22. The molecular weight excluding hydrogens is 266 g/mol. The molecule has 2 rings (SSSR count). The fraction of sp³-hybridized carbons (Fsp3) is 0.375. The Kier molecular flexibility index (Phi) is 4.31. The molecule has 1 aromatic carbocycles. The Morgan fingerprint density at radius 2 is 1.95 bits per heavy atom. The summed E-state index contributed by atoms with van der Waals surface area (Å²) in [6, 6.07) is 9.66. The molecule has 1 heterocycles. The van der Waals surface area contributed by atoms with Crippen LogP contribution in [0.4, 0.5) is 4.79 Å². The van der Waals surface area contributed by atoms with Crippen LogP contribution in [0.1, 0.15) is 39.4 Å². The average Bonchev–Trinajstić information content (AvgIpc) is 2.86. The highest BCUT2D eigenvalue weighted by molar-refractivity contribution is 5.68. The molecule has 0 aliphatic heterocycles. The fourth-order valence-electron chi connectivity index (χ4n) is 1.99. The SMILES string of the molecule is CC(NC(=O)OC(C)(C)C)c1cncn1-c1ccccc1. The number of ether oxygens (including phenoxy) is 1. The van der Waals surface area contributed by atoms with Gasteiger partial charge in [-0.3, -0.25) is 0 Å². The summed E-state index contributed by atoms with van der Waals surface area (Å²) in [5.74, 6) is 0. The Labute approximate surface area is 125 Å². The first-order valence-electron chi connectivity index (χ1n) is 6.94. The van der Waals surface area contributed by atoms with E-state index in [1.165, 1.54) is 0 Å². The van der Waals surface area contributed by atoms with Crippen molar-refractivity contribution < 1.29 is 9.53 Å². The first-order valence-corrected chi connectivity index (χ1v) is 6.94. The van der Waals surface area contributed by atoms with Crippen molar-refractivity contribution in [3.05, 3.63) is 48.5 Å². The molecule has 1 atom stereocenters. The predicted octanol–water partition coefficient (Wildman–Crippen LogP) is 3.46. The maximum absolute atomic E-state index is 11.8. The summed E-state index contributed by atoms with van der Waals surface area (Å²) in [5, 5.41) is 2.83. The molecule has 0 spiro atoms. The van der Waals surface area contributed by atoms with Crippen LogP contribution >= 0.6 is 0 Å². The first-order chi connectivity index (χ1) is 9.87. The van der Waals surface area contributed by atoms with Gasteiger partial charge in [0.05, 0.1) is 24.3 Å². The van der Waals surface area contributed by atoms with Crippen molar-refractivity contribution in [2.75, 3.05) is 0 Å². The van der Waals surface area contributed by atoms with E-state index >= 15 is 0 Å². The van der Waals surface area contributed by atoms with E-state index in [4.69, 9.17) is 4.74 Å². The Morgan fingerprint density at radius 3 is 2.57 bits per heavy atom. The van der Waals surface area contributed by atoms with E-state index in [1.54, 1.807) is 12.5 Å². The van der Waals surface area contributed by atoms with Gasteiger partial charge in [-0.2, -0.15) is 0 Å². The monoisotopic (exact) mass is 287 g/mol. The number of nitrogens with one attached hydrogen (secondary N) is 1. The summed E-state index contributed by atoms with van der Waals surface area (Å²) >= 11 is 0. The molecule has 21 heavy (non-hydrogen) atoms. The predicted molar refractivity (Wildman–Crippen MR) is 81.3 cm³/mol. The van der Waals surface area contributed by atoms with Gasteiger partial charge in [-0.1, -0.05) is 18.2 Å². The van der Waals surface area contributed by atoms with Crippen LogP contribution in [-0.4, -0.2) is 21.2 Å². The Bertz CT molecular complexity index is 599. The molecule has 0 aliphatic rings. The molecule has 2 aromatic rings. The van der Waals surface area contributed by atoms with Crippen molar-refractivity contribution in [2.45, 2.75) is 39.3 Å². The maximum Gasteiger partial charge on any atom is 0.408 e. The van der Waals surface area contributed by atoms with Gasteiger partial charge in [0.25, 0.3) is 0 Å². The highest BCUT2D eigenvalue weighted by atomic mass is 16.6. The van der Waals surface area contributed by atoms with Crippen molar-refractivity contribution in [3.63, 3.8) is 0 Å². The standard InChI is InChI=1S/C16H21N3O2/c1-12(18-15(20)21-16(2,3)4)14-10-17-11-19(14)13-8-6-5-7-9-13/h5-12H,1-4H3,(H,18,20). The van der Waals surface area contributed by atoms with Crippen LogP contribution in [0.3, 0.4) is 0 Å². The molecule has 1 amide bonds. The third-order valence-corrected chi connectivity index (χ3v) is 2.88. The normalized spacial score (nSPS) is 12.8. The summed E-state index contributed by atoms with van der Waals surface area (Å²) in [7, 11) is 0. The molecule has 0 fully saturated rings. The van der Waals surface area contributed by atoms with Gasteiger partial charge in [0.1, 0.15) is 5.60 Å². The van der Waals surface area contributed by atoms with E-state index in [2.05, 4.69) is 10.3 Å². The molecule has 1 unspecified atom stereocenters. The van der Waals surface area contributed by atoms with Gasteiger partial charge in [0, 0.05) is 5.69 Å². The number of para-hydroxylation sites is 1. The van der Waals surface area contributed by atoms with E-state index in [9.17, 15) is 4.79 Å². The minimum absolute atomic E-state index is 0.206. The lowest BCUT2D eigenvalue weighted by Gasteiger charge is -2.22. The van der Waals surface area contributed by atoms with E-state index in [0.29, 0.717) is 0 Å². The lowest BCUT2D eigenvalue weighted by Crippen LogP contribution is -2.34. The summed E-state index contributed by atoms with van der Waals surface area (Å²) in [4.78, 5) is 16.0. The highest BCUT2D eigenvalue weighted by Crippen LogP contribution is 2.18. The van der Waals surface area contributed by atoms with Gasteiger partial charge in [-0.15, -0.1) is 0 Å². The van der Waals surface area contributed by atoms with Crippen LogP contribution in [0, 0.1) is 0 Å². The van der Waals surface area contributed by atoms with Crippen molar-refractivity contribution in [1.82, 2.24) is 14.9 Å². The van der Waals surface area contributed by atoms with Crippen LogP contribution in [0.2, 0.25) is 0 Å². The topological polar surface area (TPSA) is 56.1 Å². The molecule has 0 bridgehead atoms. The van der Waals surface area contributed by atoms with Crippen molar-refractivity contribution in [2.24, 2.45) is 0 Å². The largest absolute Gasteiger partial charge is 0.444 e. The number of rotatable bonds is 3. The van der Waals surface area contributed by atoms with Crippen LogP contribution in [0.5, 0.6) is 0 Å². The van der Waals surface area contributed by atoms with Gasteiger partial charge in [0.15, 0.2) is 0 Å². The van der Waals surface area contributed by atoms with E-state index in [0.717, 1.165) is 11.4 Å². The molecule has 0 radical (unpaired) electrons. The van der Waals surface area contributed by atoms with Crippen molar-refractivity contribution in [1.29, 1.82) is 0 Å². The second-order valence-electron chi connectivity index (χ2n) is 5.89. The Hall–Kier alpha value is -2.30. The second kappa shape index (κ2) is 5.99. The van der Waals surface area contributed by atoms with E-state index < -0.39 is 11.7 Å². The minimum atomic E-state index is -0.510. The van der Waals surface area contributed by atoms with Crippen molar-refractivity contribution in [3.8, 4) is 5.69 Å². The summed E-state index contributed by atoms with van der Waals surface area (Å²) in [6.45, 7) is 7.42. The number of benzene rings is 1. The molecule has 5 nitrogen and oxygen atoms in total. The lowest BCUT2D eigenvalue weighted by atomic mass is 10.2. The number of nitrogens with zero attached hydrogens (tertiary/aromatic N) is 2. The molecule has 112 valence electrons. The zero-order chi connectivity index (χ0) is 15.5. The van der Waals surface area contributed by atoms with Gasteiger partial charge in [0.2, 0.25) is 0 Å². The molecule has 1 N–H and O–H groups in total. The number of hydrogen-bond donors (Lipinski definition) is 1. The zero-order valence-electron chi connectivity index (χ0n) is 12.8. The first kappa shape index (κ1) is 15.1. The fourth-order valence-corrected chi connectivity index (χ4v) is 1.99. The molecule has 0 saturated carbocycles. The number of hydrogen-bond acceptors (Lipinski definition) is 3.